The van der Waals surface area contributed by atoms with Gasteiger partial charge in [-0.25, -0.2) is 0 Å². The van der Waals surface area contributed by atoms with Crippen LogP contribution < -0.4 is 24.6 Å². The molecular formula is C51H55NO14Si. The average molecular weight is 934 g/mol. The third-order valence-corrected chi connectivity index (χ3v) is 18.0. The summed E-state index contributed by atoms with van der Waals surface area (Å²) in [6.07, 6.45) is -13.6. The van der Waals surface area contributed by atoms with E-state index in [0.29, 0.717) is 17.1 Å². The SMILES string of the molecule is COc1ccc(O[C@@H]2O[C@H](CO[Si](c3ccccc3)(c3ccccc3)C(C)(C)C)[C@@H](O[C@@H]3O[C@@H]4COC(c5ccc(OC)cc5)O[C@@H]4[C@H](O)[C@H]3O)[C@H](O)[C@H]2N2C(=O)c3ccccc3C2=O)cc1. The zero-order valence-electron chi connectivity index (χ0n) is 37.7. The lowest BCUT2D eigenvalue weighted by molar-refractivity contribution is -0.380. The van der Waals surface area contributed by atoms with Crippen LogP contribution in [-0.4, -0.2) is 129 Å². The minimum atomic E-state index is -3.29. The third kappa shape index (κ3) is 8.79. The Bertz CT molecular complexity index is 2410. The maximum atomic E-state index is 14.3. The molecule has 0 saturated carbocycles. The van der Waals surface area contributed by atoms with Gasteiger partial charge < -0.3 is 57.6 Å². The van der Waals surface area contributed by atoms with Gasteiger partial charge >= 0.3 is 0 Å². The van der Waals surface area contributed by atoms with Crippen LogP contribution in [0.4, 0.5) is 0 Å². The molecule has 15 nitrogen and oxygen atoms in total. The van der Waals surface area contributed by atoms with E-state index in [4.69, 9.17) is 42.3 Å². The normalized spacial score (nSPS) is 28.7. The first kappa shape index (κ1) is 46.6. The number of hydrogen-bond donors (Lipinski definition) is 3. The summed E-state index contributed by atoms with van der Waals surface area (Å²) in [6, 6.07) is 38.5. The van der Waals surface area contributed by atoms with Crippen molar-refractivity contribution in [2.75, 3.05) is 27.4 Å². The van der Waals surface area contributed by atoms with Crippen LogP contribution in [0.25, 0.3) is 0 Å². The summed E-state index contributed by atoms with van der Waals surface area (Å²) in [7, 11) is -0.196. The van der Waals surface area contributed by atoms with E-state index < -0.39 is 92.8 Å². The Morgan fingerprint density at radius 3 is 1.73 bits per heavy atom. The molecule has 11 atom stereocenters. The highest BCUT2D eigenvalue weighted by atomic mass is 28.4. The summed E-state index contributed by atoms with van der Waals surface area (Å²) >= 11 is 0. The Kier molecular flexibility index (Phi) is 13.4. The second kappa shape index (κ2) is 19.2. The predicted molar refractivity (Wildman–Crippen MR) is 245 cm³/mol. The molecule has 0 radical (unpaired) electrons. The smallest absolute Gasteiger partial charge is 0.262 e. The second-order valence-corrected chi connectivity index (χ2v) is 22.3. The lowest BCUT2D eigenvalue weighted by atomic mass is 9.94. The van der Waals surface area contributed by atoms with Gasteiger partial charge in [-0.15, -0.1) is 0 Å². The van der Waals surface area contributed by atoms with Crippen molar-refractivity contribution < 1.29 is 67.2 Å². The Balaban J connectivity index is 1.09. The molecule has 0 bridgehead atoms. The maximum absolute atomic E-state index is 14.3. The van der Waals surface area contributed by atoms with Crippen molar-refractivity contribution in [3.8, 4) is 17.2 Å². The molecular weight excluding hydrogens is 879 g/mol. The Morgan fingerprint density at radius 1 is 0.642 bits per heavy atom. The molecule has 0 aromatic heterocycles. The van der Waals surface area contributed by atoms with E-state index in [0.717, 1.165) is 15.3 Å². The van der Waals surface area contributed by atoms with Crippen LogP contribution >= 0.6 is 0 Å². The summed E-state index contributed by atoms with van der Waals surface area (Å²) in [5.74, 6) is 0.136. The van der Waals surface area contributed by atoms with E-state index in [9.17, 15) is 24.9 Å². The molecule has 3 N–H and O–H groups in total. The number of rotatable bonds is 13. The highest BCUT2D eigenvalue weighted by molar-refractivity contribution is 6.99. The second-order valence-electron chi connectivity index (χ2n) is 18.0. The van der Waals surface area contributed by atoms with Crippen LogP contribution in [0.15, 0.2) is 133 Å². The number of carbonyl (C=O) groups is 2. The predicted octanol–water partition coefficient (Wildman–Crippen LogP) is 4.36. The Hall–Kier alpha value is -5.50. The van der Waals surface area contributed by atoms with Gasteiger partial charge in [0.25, 0.3) is 20.1 Å². The summed E-state index contributed by atoms with van der Waals surface area (Å²) in [4.78, 5) is 29.5. The molecule has 0 spiro atoms. The van der Waals surface area contributed by atoms with Crippen molar-refractivity contribution in [1.82, 2.24) is 4.90 Å². The van der Waals surface area contributed by atoms with Gasteiger partial charge in [0.15, 0.2) is 12.6 Å². The molecule has 0 aliphatic carbocycles. The summed E-state index contributed by atoms with van der Waals surface area (Å²) < 4.78 is 56.6. The van der Waals surface area contributed by atoms with Crippen LogP contribution in [0.1, 0.15) is 53.3 Å². The first-order chi connectivity index (χ1) is 32.3. The number of aliphatic hydroxyl groups is 3. The van der Waals surface area contributed by atoms with E-state index in [-0.39, 0.29) is 30.1 Å². The molecule has 3 fully saturated rings. The molecule has 4 aliphatic heterocycles. The number of aliphatic hydroxyl groups excluding tert-OH is 3. The number of imide groups is 1. The van der Waals surface area contributed by atoms with Crippen LogP contribution in [0.3, 0.4) is 0 Å². The topological polar surface area (TPSA) is 181 Å². The number of carbonyl (C=O) groups excluding carboxylic acids is 2. The van der Waals surface area contributed by atoms with Crippen LogP contribution in [-0.2, 0) is 28.1 Å². The Morgan fingerprint density at radius 2 is 1.18 bits per heavy atom. The molecule has 9 rings (SSSR count). The van der Waals surface area contributed by atoms with Gasteiger partial charge in [-0.05, 0) is 63.9 Å². The molecule has 5 aromatic rings. The lowest BCUT2D eigenvalue weighted by Gasteiger charge is -2.51. The maximum Gasteiger partial charge on any atom is 0.262 e. The van der Waals surface area contributed by atoms with Gasteiger partial charge in [0.1, 0.15) is 66.0 Å². The molecule has 2 amide bonds. The number of fused-ring (bicyclic) bond motifs is 2. The van der Waals surface area contributed by atoms with E-state index in [2.05, 4.69) is 20.8 Å². The van der Waals surface area contributed by atoms with Crippen LogP contribution in [0, 0.1) is 0 Å². The highest BCUT2D eigenvalue weighted by Crippen LogP contribution is 2.41. The average Bonchev–Trinajstić information content (AvgIpc) is 3.60. The number of methoxy groups -OCH3 is 2. The fraction of sp³-hybridized carbons (Fsp3) is 0.373. The van der Waals surface area contributed by atoms with Crippen LogP contribution in [0.5, 0.6) is 17.2 Å². The molecule has 4 heterocycles. The van der Waals surface area contributed by atoms with Crippen molar-refractivity contribution in [3.63, 3.8) is 0 Å². The minimum Gasteiger partial charge on any atom is -0.497 e. The van der Waals surface area contributed by atoms with E-state index >= 15 is 0 Å². The molecule has 1 unspecified atom stereocenters. The fourth-order valence-electron chi connectivity index (χ4n) is 9.59. The third-order valence-electron chi connectivity index (χ3n) is 13.0. The van der Waals surface area contributed by atoms with Crippen LogP contribution in [0.2, 0.25) is 5.04 Å². The van der Waals surface area contributed by atoms with Crippen molar-refractivity contribution in [2.24, 2.45) is 0 Å². The van der Waals surface area contributed by atoms with Crippen molar-refractivity contribution >= 4 is 30.5 Å². The fourth-order valence-corrected chi connectivity index (χ4v) is 14.2. The number of hydrogen-bond acceptors (Lipinski definition) is 14. The summed E-state index contributed by atoms with van der Waals surface area (Å²) in [6.45, 7) is 6.10. The lowest BCUT2D eigenvalue weighted by Crippen LogP contribution is -2.71. The van der Waals surface area contributed by atoms with Gasteiger partial charge in [0.2, 0.25) is 6.29 Å². The van der Waals surface area contributed by atoms with Gasteiger partial charge in [-0.3, -0.25) is 14.5 Å². The number of nitrogens with zero attached hydrogens (tertiary/aromatic N) is 1. The summed E-state index contributed by atoms with van der Waals surface area (Å²) in [5, 5.41) is 37.8. The molecule has 67 heavy (non-hydrogen) atoms. The van der Waals surface area contributed by atoms with E-state index in [1.54, 1.807) is 67.8 Å². The molecule has 16 heteroatoms. The number of benzene rings is 5. The standard InChI is InChI=1S/C51H55NO14Si/c1-51(2,3)67(34-14-8-6-9-15-34,35-16-10-7-11-17-35)61-29-39-44(66-50-43(55)42(54)45-38(64-50)28-60-48(65-45)30-20-22-31(58-4)23-21-30)41(53)40(49(63-39)62-33-26-24-32(59-5)25-27-33)52-46(56)36-18-12-13-19-37(36)47(52)57/h6-27,38-45,48-50,53-55H,28-29H2,1-5H3/t38-,39-,40-,41-,42-,43-,44-,45+,48?,49-,50+/m1/s1. The largest absolute Gasteiger partial charge is 0.497 e. The quantitative estimate of drug-likeness (QED) is 0.112. The van der Waals surface area contributed by atoms with E-state index in [1.807, 2.05) is 60.7 Å². The first-order valence-electron chi connectivity index (χ1n) is 22.3. The van der Waals surface area contributed by atoms with Gasteiger partial charge in [0, 0.05) is 5.56 Å². The zero-order chi connectivity index (χ0) is 47.0. The Labute approximate surface area is 389 Å². The van der Waals surface area contributed by atoms with Crippen molar-refractivity contribution in [3.05, 3.63) is 150 Å². The number of amides is 2. The number of ether oxygens (including phenoxy) is 8. The summed E-state index contributed by atoms with van der Waals surface area (Å²) in [5.41, 5.74) is 0.946. The minimum absolute atomic E-state index is 0.0510. The monoisotopic (exact) mass is 933 g/mol. The zero-order valence-corrected chi connectivity index (χ0v) is 38.7. The molecule has 4 aliphatic rings. The molecule has 3 saturated heterocycles. The molecule has 352 valence electrons. The van der Waals surface area contributed by atoms with Gasteiger partial charge in [-0.1, -0.05) is 106 Å². The van der Waals surface area contributed by atoms with Gasteiger partial charge in [-0.2, -0.15) is 0 Å². The molecule has 5 aromatic carbocycles. The highest BCUT2D eigenvalue weighted by Gasteiger charge is 2.59. The van der Waals surface area contributed by atoms with Gasteiger partial charge in [0.05, 0.1) is 38.6 Å². The van der Waals surface area contributed by atoms with Crippen molar-refractivity contribution in [1.29, 1.82) is 0 Å². The van der Waals surface area contributed by atoms with Crippen molar-refractivity contribution in [2.45, 2.75) is 93.4 Å². The van der Waals surface area contributed by atoms with E-state index in [1.165, 1.54) is 19.2 Å². The first-order valence-corrected chi connectivity index (χ1v) is 24.2.